The number of aromatic carboxylic acids is 1. The van der Waals surface area contributed by atoms with E-state index in [2.05, 4.69) is 13.8 Å². The van der Waals surface area contributed by atoms with Gasteiger partial charge in [0, 0.05) is 17.2 Å². The molecule has 0 aromatic heterocycles. The predicted molar refractivity (Wildman–Crippen MR) is 106 cm³/mol. The number of hydrogen-bond donors (Lipinski definition) is 1. The van der Waals surface area contributed by atoms with Crippen molar-refractivity contribution in [3.8, 4) is 0 Å². The van der Waals surface area contributed by atoms with Crippen molar-refractivity contribution in [1.82, 2.24) is 0 Å². The van der Waals surface area contributed by atoms with Crippen LogP contribution in [0, 0.1) is 23.7 Å². The van der Waals surface area contributed by atoms with Crippen molar-refractivity contribution in [1.29, 1.82) is 0 Å². The van der Waals surface area contributed by atoms with Crippen molar-refractivity contribution in [3.05, 3.63) is 29.8 Å². The molecule has 6 rings (SSSR count). The fourth-order valence-corrected chi connectivity index (χ4v) is 6.94. The van der Waals surface area contributed by atoms with Crippen LogP contribution in [0.4, 0.5) is 0 Å². The zero-order valence-corrected chi connectivity index (χ0v) is 17.8. The molecule has 1 saturated carbocycles. The summed E-state index contributed by atoms with van der Waals surface area (Å²) in [5.74, 6) is -0.234. The van der Waals surface area contributed by atoms with E-state index < -0.39 is 23.6 Å². The lowest BCUT2D eigenvalue weighted by atomic mass is 9.58. The summed E-state index contributed by atoms with van der Waals surface area (Å²) in [6, 6.07) is 6.98. The lowest BCUT2D eigenvalue weighted by Gasteiger charge is -2.60. The Morgan fingerprint density at radius 2 is 1.86 bits per heavy atom. The molecule has 6 nitrogen and oxygen atoms in total. The monoisotopic (exact) mass is 420 g/mol. The van der Waals surface area contributed by atoms with Gasteiger partial charge in [0.25, 0.3) is 0 Å². The van der Waals surface area contributed by atoms with Gasteiger partial charge in [0.15, 0.2) is 11.9 Å². The topological polar surface area (TPSA) is 74.2 Å². The van der Waals surface area contributed by atoms with E-state index in [-0.39, 0.29) is 16.9 Å². The standard InChI is InChI=1S/C22H28O6S/c1-12-4-9-17-13(2)19(29-15-7-5-14(6-8-15)18(23)24)25-20-22(17)16(12)10-11-21(3,26-20)27-28-22/h5-8,12-13,16-17,19-20H,4,9-11H2,1-3H3,(H,23,24)/t12-,13-,16+,17+,19-,20-,21-,22-/m1/s1. The van der Waals surface area contributed by atoms with E-state index in [9.17, 15) is 4.79 Å². The largest absolute Gasteiger partial charge is 0.478 e. The average molecular weight is 421 g/mol. The fraction of sp³-hybridized carbons (Fsp3) is 0.682. The minimum atomic E-state index is -0.915. The Bertz CT molecular complexity index is 799. The quantitative estimate of drug-likeness (QED) is 0.711. The highest BCUT2D eigenvalue weighted by molar-refractivity contribution is 7.99. The Balaban J connectivity index is 1.44. The minimum absolute atomic E-state index is 0.0908. The van der Waals surface area contributed by atoms with Crippen LogP contribution in [0.15, 0.2) is 29.2 Å². The van der Waals surface area contributed by atoms with E-state index in [4.69, 9.17) is 24.4 Å². The summed E-state index contributed by atoms with van der Waals surface area (Å²) in [6.45, 7) is 6.48. The summed E-state index contributed by atoms with van der Waals surface area (Å²) in [5, 5.41) is 9.12. The first-order valence-electron chi connectivity index (χ1n) is 10.5. The number of rotatable bonds is 3. The van der Waals surface area contributed by atoms with E-state index in [1.54, 1.807) is 23.9 Å². The lowest BCUT2D eigenvalue weighted by molar-refractivity contribution is -0.568. The molecular formula is C22H28O6S. The SMILES string of the molecule is C[C@H]1[C@@H](Sc2ccc(C(=O)O)cc2)O[C@@H]2O[C@@]3(C)CC[C@H]4[C@H](C)CC[C@@H]1[C@@]24OO3. The second-order valence-electron chi connectivity index (χ2n) is 9.22. The molecule has 4 aliphatic heterocycles. The van der Waals surface area contributed by atoms with Gasteiger partial charge in [-0.3, -0.25) is 0 Å². The molecule has 5 aliphatic rings. The van der Waals surface area contributed by atoms with Crippen LogP contribution in [-0.2, 0) is 19.2 Å². The number of benzene rings is 1. The van der Waals surface area contributed by atoms with E-state index in [1.165, 1.54) is 6.42 Å². The minimum Gasteiger partial charge on any atom is -0.478 e. The Morgan fingerprint density at radius 3 is 2.59 bits per heavy atom. The first kappa shape index (κ1) is 19.8. The number of ether oxygens (including phenoxy) is 2. The molecule has 1 N–H and O–H groups in total. The molecule has 29 heavy (non-hydrogen) atoms. The second kappa shape index (κ2) is 6.95. The van der Waals surface area contributed by atoms with Crippen LogP contribution in [0.3, 0.4) is 0 Å². The fourth-order valence-electron chi connectivity index (χ4n) is 5.82. The lowest BCUT2D eigenvalue weighted by Crippen LogP contribution is -2.70. The summed E-state index contributed by atoms with van der Waals surface area (Å²) < 4.78 is 12.9. The van der Waals surface area contributed by atoms with Crippen LogP contribution in [0.25, 0.3) is 0 Å². The predicted octanol–water partition coefficient (Wildman–Crippen LogP) is 4.68. The second-order valence-corrected chi connectivity index (χ2v) is 10.4. The van der Waals surface area contributed by atoms with E-state index in [0.29, 0.717) is 17.8 Å². The van der Waals surface area contributed by atoms with Crippen LogP contribution in [0.2, 0.25) is 0 Å². The average Bonchev–Trinajstić information content (AvgIpc) is 2.92. The van der Waals surface area contributed by atoms with Crippen molar-refractivity contribution in [2.24, 2.45) is 23.7 Å². The number of carboxylic acid groups (broad SMARTS) is 1. The van der Waals surface area contributed by atoms with Gasteiger partial charge in [0.2, 0.25) is 5.79 Å². The van der Waals surface area contributed by atoms with Gasteiger partial charge >= 0.3 is 5.97 Å². The van der Waals surface area contributed by atoms with Crippen molar-refractivity contribution in [2.45, 2.75) is 74.5 Å². The smallest absolute Gasteiger partial charge is 0.335 e. The van der Waals surface area contributed by atoms with Gasteiger partial charge in [-0.1, -0.05) is 25.6 Å². The van der Waals surface area contributed by atoms with Crippen LogP contribution in [0.1, 0.15) is 56.8 Å². The van der Waals surface area contributed by atoms with Gasteiger partial charge in [0.05, 0.1) is 5.56 Å². The Kier molecular flexibility index (Phi) is 4.75. The molecule has 0 unspecified atom stereocenters. The Labute approximate surface area is 175 Å². The number of carboxylic acids is 1. The molecule has 1 aromatic rings. The molecule has 1 aliphatic carbocycles. The molecular weight excluding hydrogens is 392 g/mol. The normalized spacial score (nSPS) is 46.0. The molecule has 1 aromatic carbocycles. The molecule has 0 amide bonds. The molecule has 4 heterocycles. The zero-order valence-electron chi connectivity index (χ0n) is 17.0. The highest BCUT2D eigenvalue weighted by atomic mass is 32.2. The number of fused-ring (bicyclic) bond motifs is 2. The molecule has 8 atom stereocenters. The first-order chi connectivity index (χ1) is 13.8. The van der Waals surface area contributed by atoms with E-state index >= 15 is 0 Å². The van der Waals surface area contributed by atoms with Crippen LogP contribution in [-0.4, -0.2) is 34.2 Å². The maximum atomic E-state index is 11.1. The maximum absolute atomic E-state index is 11.1. The van der Waals surface area contributed by atoms with Gasteiger partial charge in [-0.05, 0) is 68.2 Å². The van der Waals surface area contributed by atoms with Crippen molar-refractivity contribution < 1.29 is 29.1 Å². The van der Waals surface area contributed by atoms with Crippen LogP contribution in [0.5, 0.6) is 0 Å². The highest BCUT2D eigenvalue weighted by Crippen LogP contribution is 2.61. The molecule has 0 radical (unpaired) electrons. The van der Waals surface area contributed by atoms with E-state index in [0.717, 1.165) is 24.2 Å². The zero-order chi connectivity index (χ0) is 20.4. The summed E-state index contributed by atoms with van der Waals surface area (Å²) in [4.78, 5) is 24.1. The number of thioether (sulfide) groups is 1. The molecule has 4 saturated heterocycles. The third kappa shape index (κ3) is 3.05. The summed E-state index contributed by atoms with van der Waals surface area (Å²) in [5.41, 5.74) is -0.345. The van der Waals surface area contributed by atoms with Gasteiger partial charge in [-0.25, -0.2) is 14.6 Å². The molecule has 158 valence electrons. The number of carbonyl (C=O) groups is 1. The van der Waals surface area contributed by atoms with Gasteiger partial charge in [0.1, 0.15) is 5.44 Å². The van der Waals surface area contributed by atoms with Crippen LogP contribution >= 0.6 is 11.8 Å². The van der Waals surface area contributed by atoms with Crippen molar-refractivity contribution in [3.63, 3.8) is 0 Å². The third-order valence-electron chi connectivity index (χ3n) is 7.45. The number of hydrogen-bond acceptors (Lipinski definition) is 6. The molecule has 1 spiro atoms. The van der Waals surface area contributed by atoms with Crippen molar-refractivity contribution in [2.75, 3.05) is 0 Å². The molecule has 5 fully saturated rings. The summed E-state index contributed by atoms with van der Waals surface area (Å²) in [6.07, 6.45) is 3.62. The van der Waals surface area contributed by atoms with Gasteiger partial charge in [-0.15, -0.1) is 0 Å². The van der Waals surface area contributed by atoms with Crippen LogP contribution < -0.4 is 0 Å². The van der Waals surface area contributed by atoms with E-state index in [1.807, 2.05) is 19.1 Å². The summed E-state index contributed by atoms with van der Waals surface area (Å²) >= 11 is 1.63. The molecule has 7 heteroatoms. The highest BCUT2D eigenvalue weighted by Gasteiger charge is 2.69. The molecule has 2 bridgehead atoms. The van der Waals surface area contributed by atoms with Gasteiger partial charge in [-0.2, -0.15) is 0 Å². The van der Waals surface area contributed by atoms with Gasteiger partial charge < -0.3 is 14.6 Å². The van der Waals surface area contributed by atoms with Crippen molar-refractivity contribution >= 4 is 17.7 Å². The maximum Gasteiger partial charge on any atom is 0.335 e. The Morgan fingerprint density at radius 1 is 1.10 bits per heavy atom. The third-order valence-corrected chi connectivity index (χ3v) is 8.77. The first-order valence-corrected chi connectivity index (χ1v) is 11.4. The Hall–Kier alpha value is -1.12. The summed E-state index contributed by atoms with van der Waals surface area (Å²) in [7, 11) is 0.